The lowest BCUT2D eigenvalue weighted by Gasteiger charge is -2.13. The Morgan fingerprint density at radius 1 is 1.55 bits per heavy atom. The largest absolute Gasteiger partial charge is 0.394 e. The smallest absolute Gasteiger partial charge is 0.132 e. The molecular formula is C8H16O3. The third-order valence-electron chi connectivity index (χ3n) is 1.84. The summed E-state index contributed by atoms with van der Waals surface area (Å²) < 4.78 is 0. The van der Waals surface area contributed by atoms with E-state index in [4.69, 9.17) is 10.2 Å². The molecule has 3 nitrogen and oxygen atoms in total. The predicted octanol–water partition coefficient (Wildman–Crippen LogP) is 0.345. The standard InChI is InChI=1S/C8H16O3/c1-3-7(6(2)10)4-8(11)5-9/h7-9,11H,3-5H2,1-2H3. The molecule has 11 heavy (non-hydrogen) atoms. The molecule has 0 fully saturated rings. The van der Waals surface area contributed by atoms with E-state index in [1.807, 2.05) is 6.92 Å². The maximum atomic E-state index is 10.8. The van der Waals surface area contributed by atoms with Gasteiger partial charge in [0.05, 0.1) is 12.7 Å². The van der Waals surface area contributed by atoms with E-state index in [0.29, 0.717) is 6.42 Å². The van der Waals surface area contributed by atoms with Gasteiger partial charge in [0.15, 0.2) is 0 Å². The fourth-order valence-electron chi connectivity index (χ4n) is 1.02. The van der Waals surface area contributed by atoms with Gasteiger partial charge in [-0.1, -0.05) is 6.92 Å². The second kappa shape index (κ2) is 5.27. The first kappa shape index (κ1) is 10.6. The molecule has 2 unspecified atom stereocenters. The van der Waals surface area contributed by atoms with Crippen LogP contribution in [0.25, 0.3) is 0 Å². The molecule has 2 N–H and O–H groups in total. The Bertz CT molecular complexity index is 123. The average molecular weight is 160 g/mol. The average Bonchev–Trinajstić information content (AvgIpc) is 1.99. The zero-order valence-electron chi connectivity index (χ0n) is 7.08. The maximum Gasteiger partial charge on any atom is 0.132 e. The third-order valence-corrected chi connectivity index (χ3v) is 1.84. The molecular weight excluding hydrogens is 144 g/mol. The lowest BCUT2D eigenvalue weighted by molar-refractivity contribution is -0.122. The highest BCUT2D eigenvalue weighted by molar-refractivity contribution is 5.78. The van der Waals surface area contributed by atoms with Crippen LogP contribution in [-0.4, -0.2) is 28.7 Å². The molecule has 0 aliphatic heterocycles. The van der Waals surface area contributed by atoms with Crippen LogP contribution in [-0.2, 0) is 4.79 Å². The lowest BCUT2D eigenvalue weighted by Crippen LogP contribution is -2.21. The minimum Gasteiger partial charge on any atom is -0.394 e. The van der Waals surface area contributed by atoms with Gasteiger partial charge in [-0.3, -0.25) is 4.79 Å². The molecule has 0 saturated carbocycles. The van der Waals surface area contributed by atoms with E-state index in [2.05, 4.69) is 0 Å². The van der Waals surface area contributed by atoms with Crippen molar-refractivity contribution in [1.82, 2.24) is 0 Å². The molecule has 0 amide bonds. The molecule has 0 aromatic rings. The topological polar surface area (TPSA) is 57.5 Å². The fraction of sp³-hybridized carbons (Fsp3) is 0.875. The lowest BCUT2D eigenvalue weighted by atomic mass is 9.95. The van der Waals surface area contributed by atoms with Gasteiger partial charge in [-0.2, -0.15) is 0 Å². The zero-order valence-corrected chi connectivity index (χ0v) is 7.08. The minimum atomic E-state index is -0.746. The van der Waals surface area contributed by atoms with E-state index in [1.54, 1.807) is 0 Å². The van der Waals surface area contributed by atoms with Crippen LogP contribution in [0.1, 0.15) is 26.7 Å². The van der Waals surface area contributed by atoms with E-state index < -0.39 is 6.10 Å². The highest BCUT2D eigenvalue weighted by atomic mass is 16.3. The number of carbonyl (C=O) groups is 1. The van der Waals surface area contributed by atoms with Crippen molar-refractivity contribution in [1.29, 1.82) is 0 Å². The van der Waals surface area contributed by atoms with Crippen LogP contribution in [0.15, 0.2) is 0 Å². The number of ketones is 1. The number of aliphatic hydroxyl groups is 2. The van der Waals surface area contributed by atoms with Gasteiger partial charge in [-0.15, -0.1) is 0 Å². The van der Waals surface area contributed by atoms with Crippen molar-refractivity contribution in [2.75, 3.05) is 6.61 Å². The van der Waals surface area contributed by atoms with Crippen LogP contribution >= 0.6 is 0 Å². The van der Waals surface area contributed by atoms with Crippen molar-refractivity contribution in [2.24, 2.45) is 5.92 Å². The Morgan fingerprint density at radius 2 is 2.09 bits per heavy atom. The van der Waals surface area contributed by atoms with Gasteiger partial charge < -0.3 is 10.2 Å². The van der Waals surface area contributed by atoms with Gasteiger partial charge in [0.1, 0.15) is 5.78 Å². The quantitative estimate of drug-likeness (QED) is 0.610. The van der Waals surface area contributed by atoms with E-state index in [1.165, 1.54) is 6.92 Å². The van der Waals surface area contributed by atoms with Crippen LogP contribution < -0.4 is 0 Å². The second-order valence-corrected chi connectivity index (χ2v) is 2.79. The summed E-state index contributed by atoms with van der Waals surface area (Å²) in [6.07, 6.45) is 0.359. The highest BCUT2D eigenvalue weighted by Crippen LogP contribution is 2.11. The Balaban J connectivity index is 3.77. The van der Waals surface area contributed by atoms with Gasteiger partial charge in [0, 0.05) is 5.92 Å². The van der Waals surface area contributed by atoms with Gasteiger partial charge in [-0.25, -0.2) is 0 Å². The van der Waals surface area contributed by atoms with Gasteiger partial charge >= 0.3 is 0 Å². The van der Waals surface area contributed by atoms with Crippen LogP contribution in [0.4, 0.5) is 0 Å². The Morgan fingerprint density at radius 3 is 2.36 bits per heavy atom. The summed E-state index contributed by atoms with van der Waals surface area (Å²) in [6, 6.07) is 0. The van der Waals surface area contributed by atoms with Crippen molar-refractivity contribution in [3.63, 3.8) is 0 Å². The SMILES string of the molecule is CCC(CC(O)CO)C(C)=O. The highest BCUT2D eigenvalue weighted by Gasteiger charge is 2.15. The summed E-state index contributed by atoms with van der Waals surface area (Å²) in [5, 5.41) is 17.5. The monoisotopic (exact) mass is 160 g/mol. The first-order valence-corrected chi connectivity index (χ1v) is 3.91. The number of rotatable bonds is 5. The Labute approximate surface area is 67.0 Å². The van der Waals surface area contributed by atoms with Crippen LogP contribution in [0.2, 0.25) is 0 Å². The Hall–Kier alpha value is -0.410. The molecule has 0 aliphatic rings. The van der Waals surface area contributed by atoms with E-state index >= 15 is 0 Å². The summed E-state index contributed by atoms with van der Waals surface area (Å²) in [5.41, 5.74) is 0. The van der Waals surface area contributed by atoms with Crippen molar-refractivity contribution < 1.29 is 15.0 Å². The third kappa shape index (κ3) is 4.11. The molecule has 0 spiro atoms. The van der Waals surface area contributed by atoms with E-state index in [-0.39, 0.29) is 18.3 Å². The van der Waals surface area contributed by atoms with Crippen molar-refractivity contribution in [2.45, 2.75) is 32.8 Å². The van der Waals surface area contributed by atoms with Gasteiger partial charge in [0.25, 0.3) is 0 Å². The van der Waals surface area contributed by atoms with Crippen molar-refractivity contribution in [3.8, 4) is 0 Å². The zero-order chi connectivity index (χ0) is 8.85. The molecule has 0 aromatic carbocycles. The number of hydrogen-bond acceptors (Lipinski definition) is 3. The molecule has 2 atom stereocenters. The van der Waals surface area contributed by atoms with Crippen LogP contribution in [0.5, 0.6) is 0 Å². The molecule has 0 saturated heterocycles. The van der Waals surface area contributed by atoms with Crippen LogP contribution in [0, 0.1) is 5.92 Å². The molecule has 0 radical (unpaired) electrons. The number of aliphatic hydroxyl groups excluding tert-OH is 2. The summed E-state index contributed by atoms with van der Waals surface area (Å²) in [4.78, 5) is 10.8. The van der Waals surface area contributed by atoms with E-state index in [9.17, 15) is 4.79 Å². The maximum absolute atomic E-state index is 10.8. The summed E-state index contributed by atoms with van der Waals surface area (Å²) >= 11 is 0. The molecule has 0 aromatic heterocycles. The predicted molar refractivity (Wildman–Crippen MR) is 42.2 cm³/mol. The first-order chi connectivity index (χ1) is 5.11. The second-order valence-electron chi connectivity index (χ2n) is 2.79. The minimum absolute atomic E-state index is 0.0833. The molecule has 0 rings (SSSR count). The number of carbonyl (C=O) groups excluding carboxylic acids is 1. The van der Waals surface area contributed by atoms with Crippen molar-refractivity contribution >= 4 is 5.78 Å². The molecule has 3 heteroatoms. The summed E-state index contributed by atoms with van der Waals surface area (Å²) in [5.74, 6) is -0.0165. The fourth-order valence-corrected chi connectivity index (χ4v) is 1.02. The van der Waals surface area contributed by atoms with Crippen molar-refractivity contribution in [3.05, 3.63) is 0 Å². The molecule has 0 aliphatic carbocycles. The Kier molecular flexibility index (Phi) is 5.07. The van der Waals surface area contributed by atoms with Gasteiger partial charge in [0.2, 0.25) is 0 Å². The van der Waals surface area contributed by atoms with Gasteiger partial charge in [-0.05, 0) is 19.8 Å². The number of Topliss-reactive ketones (excluding diaryl/α,β-unsaturated/α-hetero) is 1. The normalized spacial score (nSPS) is 16.0. The molecule has 0 heterocycles. The number of hydrogen-bond donors (Lipinski definition) is 2. The molecule has 66 valence electrons. The molecule has 0 bridgehead atoms. The summed E-state index contributed by atoms with van der Waals surface area (Å²) in [6.45, 7) is 3.15. The first-order valence-electron chi connectivity index (χ1n) is 3.91. The van der Waals surface area contributed by atoms with Crippen LogP contribution in [0.3, 0.4) is 0 Å². The van der Waals surface area contributed by atoms with E-state index in [0.717, 1.165) is 6.42 Å². The summed E-state index contributed by atoms with van der Waals surface area (Å²) in [7, 11) is 0.